The Morgan fingerprint density at radius 3 is 2.83 bits per heavy atom. The third-order valence-electron chi connectivity index (χ3n) is 3.21. The van der Waals surface area contributed by atoms with E-state index in [1.807, 2.05) is 12.1 Å². The molecule has 1 N–H and O–H groups in total. The fraction of sp³-hybridized carbons (Fsp3) is 0.538. The number of benzene rings is 1. The second-order valence-corrected chi connectivity index (χ2v) is 4.51. The van der Waals surface area contributed by atoms with Gasteiger partial charge in [-0.05, 0) is 42.5 Å². The quantitative estimate of drug-likeness (QED) is 0.899. The van der Waals surface area contributed by atoms with E-state index in [2.05, 4.69) is 5.32 Å². The second-order valence-electron chi connectivity index (χ2n) is 4.51. The molecule has 0 fully saturated rings. The van der Waals surface area contributed by atoms with Crippen LogP contribution in [0.15, 0.2) is 18.2 Å². The number of fused-ring (bicyclic) bond motifs is 1. The van der Waals surface area contributed by atoms with Crippen LogP contribution in [0.25, 0.3) is 0 Å². The van der Waals surface area contributed by atoms with Crippen LogP contribution in [0.1, 0.15) is 30.0 Å². The number of alkyl halides is 3. The van der Waals surface area contributed by atoms with E-state index in [0.29, 0.717) is 0 Å². The van der Waals surface area contributed by atoms with Crippen LogP contribution >= 0.6 is 0 Å². The van der Waals surface area contributed by atoms with Crippen LogP contribution in [0, 0.1) is 0 Å². The van der Waals surface area contributed by atoms with Crippen LogP contribution in [0.3, 0.4) is 0 Å². The molecule has 0 saturated heterocycles. The highest BCUT2D eigenvalue weighted by Crippen LogP contribution is 2.32. The molecule has 1 unspecified atom stereocenters. The van der Waals surface area contributed by atoms with Gasteiger partial charge in [0.25, 0.3) is 0 Å². The van der Waals surface area contributed by atoms with Crippen molar-refractivity contribution in [2.24, 2.45) is 0 Å². The average molecular weight is 259 g/mol. The number of methoxy groups -OCH3 is 1. The van der Waals surface area contributed by atoms with Crippen molar-refractivity contribution in [2.45, 2.75) is 31.5 Å². The minimum atomic E-state index is -4.16. The zero-order chi connectivity index (χ0) is 13.2. The normalized spacial score (nSPS) is 19.4. The first-order chi connectivity index (χ1) is 8.49. The van der Waals surface area contributed by atoms with Crippen molar-refractivity contribution < 1.29 is 17.9 Å². The van der Waals surface area contributed by atoms with E-state index in [0.717, 1.165) is 36.1 Å². The molecule has 100 valence electrons. The Balaban J connectivity index is 2.13. The SMILES string of the molecule is COc1ccc2c(c1)CCCC2NCC(F)(F)F. The van der Waals surface area contributed by atoms with Crippen LogP contribution < -0.4 is 10.1 Å². The molecule has 0 spiro atoms. The summed E-state index contributed by atoms with van der Waals surface area (Å²) < 4.78 is 41.8. The van der Waals surface area contributed by atoms with Gasteiger partial charge in [-0.2, -0.15) is 13.2 Å². The molecule has 0 aromatic heterocycles. The van der Waals surface area contributed by atoms with Crippen molar-refractivity contribution in [2.75, 3.05) is 13.7 Å². The summed E-state index contributed by atoms with van der Waals surface area (Å²) in [5.74, 6) is 0.755. The van der Waals surface area contributed by atoms with E-state index in [1.54, 1.807) is 13.2 Å². The molecule has 5 heteroatoms. The van der Waals surface area contributed by atoms with Crippen molar-refractivity contribution in [3.05, 3.63) is 29.3 Å². The summed E-state index contributed by atoms with van der Waals surface area (Å²) in [4.78, 5) is 0. The number of ether oxygens (including phenoxy) is 1. The number of aryl methyl sites for hydroxylation is 1. The summed E-state index contributed by atoms with van der Waals surface area (Å²) in [6.45, 7) is -0.941. The summed E-state index contributed by atoms with van der Waals surface area (Å²) in [6, 6.07) is 5.37. The maximum atomic E-state index is 12.2. The van der Waals surface area contributed by atoms with E-state index in [1.165, 1.54) is 0 Å². The van der Waals surface area contributed by atoms with E-state index < -0.39 is 12.7 Å². The number of rotatable bonds is 3. The maximum absolute atomic E-state index is 12.2. The van der Waals surface area contributed by atoms with Gasteiger partial charge in [-0.1, -0.05) is 6.07 Å². The largest absolute Gasteiger partial charge is 0.497 e. The highest BCUT2D eigenvalue weighted by atomic mass is 19.4. The summed E-state index contributed by atoms with van der Waals surface area (Å²) in [6.07, 6.45) is -1.62. The van der Waals surface area contributed by atoms with Gasteiger partial charge in [-0.3, -0.25) is 0 Å². The van der Waals surface area contributed by atoms with Crippen LogP contribution in [-0.2, 0) is 6.42 Å². The second kappa shape index (κ2) is 5.18. The molecule has 0 radical (unpaired) electrons. The molecule has 1 aromatic rings. The molecule has 0 saturated carbocycles. The lowest BCUT2D eigenvalue weighted by atomic mass is 9.87. The smallest absolute Gasteiger partial charge is 0.401 e. The van der Waals surface area contributed by atoms with Gasteiger partial charge in [0, 0.05) is 6.04 Å². The van der Waals surface area contributed by atoms with Crippen molar-refractivity contribution in [1.29, 1.82) is 0 Å². The molecule has 2 rings (SSSR count). The van der Waals surface area contributed by atoms with Crippen LogP contribution in [0.2, 0.25) is 0 Å². The molecule has 0 bridgehead atoms. The summed E-state index contributed by atoms with van der Waals surface area (Å²) in [5.41, 5.74) is 2.05. The van der Waals surface area contributed by atoms with Gasteiger partial charge in [-0.15, -0.1) is 0 Å². The minimum absolute atomic E-state index is 0.207. The monoisotopic (exact) mass is 259 g/mol. The topological polar surface area (TPSA) is 21.3 Å². The molecule has 2 nitrogen and oxygen atoms in total. The Labute approximate surface area is 104 Å². The first-order valence-corrected chi connectivity index (χ1v) is 5.96. The Morgan fingerprint density at radius 1 is 1.39 bits per heavy atom. The van der Waals surface area contributed by atoms with E-state index in [9.17, 15) is 13.2 Å². The summed E-state index contributed by atoms with van der Waals surface area (Å²) >= 11 is 0. The Morgan fingerprint density at radius 2 is 2.17 bits per heavy atom. The molecule has 0 heterocycles. The predicted octanol–water partition coefficient (Wildman–Crippen LogP) is 3.22. The van der Waals surface area contributed by atoms with Crippen molar-refractivity contribution in [3.63, 3.8) is 0 Å². The summed E-state index contributed by atoms with van der Waals surface area (Å²) in [7, 11) is 1.59. The summed E-state index contributed by atoms with van der Waals surface area (Å²) in [5, 5.41) is 2.59. The van der Waals surface area contributed by atoms with E-state index in [-0.39, 0.29) is 6.04 Å². The molecular formula is C13H16F3NO. The standard InChI is InChI=1S/C13H16F3NO/c1-18-10-5-6-11-9(7-10)3-2-4-12(11)17-8-13(14,15)16/h5-7,12,17H,2-4,8H2,1H3. The average Bonchev–Trinajstić information content (AvgIpc) is 2.34. The van der Waals surface area contributed by atoms with Gasteiger partial charge >= 0.3 is 6.18 Å². The fourth-order valence-electron chi connectivity index (χ4n) is 2.37. The zero-order valence-electron chi connectivity index (χ0n) is 10.2. The number of hydrogen-bond donors (Lipinski definition) is 1. The van der Waals surface area contributed by atoms with Crippen LogP contribution in [0.4, 0.5) is 13.2 Å². The molecule has 0 amide bonds. The Kier molecular flexibility index (Phi) is 3.80. The first kappa shape index (κ1) is 13.2. The van der Waals surface area contributed by atoms with Gasteiger partial charge in [-0.25, -0.2) is 0 Å². The molecule has 0 aliphatic heterocycles. The third kappa shape index (κ3) is 3.16. The molecule has 1 aromatic carbocycles. The lowest BCUT2D eigenvalue weighted by Crippen LogP contribution is -2.33. The Bertz CT molecular complexity index is 417. The lowest BCUT2D eigenvalue weighted by molar-refractivity contribution is -0.126. The number of nitrogens with one attached hydrogen (secondary N) is 1. The van der Waals surface area contributed by atoms with Gasteiger partial charge in [0.2, 0.25) is 0 Å². The van der Waals surface area contributed by atoms with E-state index in [4.69, 9.17) is 4.74 Å². The van der Waals surface area contributed by atoms with Gasteiger partial charge in [0.1, 0.15) is 5.75 Å². The fourth-order valence-corrected chi connectivity index (χ4v) is 2.37. The third-order valence-corrected chi connectivity index (χ3v) is 3.21. The van der Waals surface area contributed by atoms with Gasteiger partial charge < -0.3 is 10.1 Å². The molecule has 1 aliphatic rings. The van der Waals surface area contributed by atoms with Crippen LogP contribution in [0.5, 0.6) is 5.75 Å². The predicted molar refractivity (Wildman–Crippen MR) is 62.7 cm³/mol. The van der Waals surface area contributed by atoms with Crippen LogP contribution in [-0.4, -0.2) is 19.8 Å². The minimum Gasteiger partial charge on any atom is -0.497 e. The Hall–Kier alpha value is -1.23. The molecule has 18 heavy (non-hydrogen) atoms. The van der Waals surface area contributed by atoms with Crippen molar-refractivity contribution in [1.82, 2.24) is 5.32 Å². The van der Waals surface area contributed by atoms with Crippen molar-refractivity contribution >= 4 is 0 Å². The van der Waals surface area contributed by atoms with E-state index >= 15 is 0 Å². The highest BCUT2D eigenvalue weighted by Gasteiger charge is 2.29. The number of halogens is 3. The van der Waals surface area contributed by atoms with Gasteiger partial charge in [0.15, 0.2) is 0 Å². The molecule has 1 atom stereocenters. The highest BCUT2D eigenvalue weighted by molar-refractivity contribution is 5.39. The maximum Gasteiger partial charge on any atom is 0.401 e. The molecule has 1 aliphatic carbocycles. The number of hydrogen-bond acceptors (Lipinski definition) is 2. The first-order valence-electron chi connectivity index (χ1n) is 5.96. The van der Waals surface area contributed by atoms with Gasteiger partial charge in [0.05, 0.1) is 13.7 Å². The zero-order valence-corrected chi connectivity index (χ0v) is 10.2. The molecular weight excluding hydrogens is 243 g/mol. The van der Waals surface area contributed by atoms with Crippen molar-refractivity contribution in [3.8, 4) is 5.75 Å². The lowest BCUT2D eigenvalue weighted by Gasteiger charge is -2.27.